The minimum atomic E-state index is -0.473. The Balaban J connectivity index is 1.46. The fourth-order valence-corrected chi connectivity index (χ4v) is 3.64. The van der Waals surface area contributed by atoms with Gasteiger partial charge >= 0.3 is 0 Å². The van der Waals surface area contributed by atoms with Crippen LogP contribution in [0.4, 0.5) is 5.69 Å². The standard InChI is InChI=1S/C23H33N3O2/c1-24(2)18-22(27)19-28-23-11-9-20(10-12-23)17-25-13-6-14-26(16-15-25)21-7-4-3-5-8-21/h3-5,7-12,22,27H,6,13-19H2,1-2H3. The van der Waals surface area contributed by atoms with E-state index < -0.39 is 6.10 Å². The van der Waals surface area contributed by atoms with Crippen molar-refractivity contribution in [3.8, 4) is 5.75 Å². The maximum Gasteiger partial charge on any atom is 0.119 e. The number of aliphatic hydroxyl groups is 1. The van der Waals surface area contributed by atoms with Gasteiger partial charge in [-0.05, 0) is 50.3 Å². The number of nitrogens with zero attached hydrogens (tertiary/aromatic N) is 3. The molecule has 0 amide bonds. The maximum absolute atomic E-state index is 9.90. The van der Waals surface area contributed by atoms with Gasteiger partial charge in [-0.2, -0.15) is 0 Å². The molecule has 5 heteroatoms. The number of hydrogen-bond acceptors (Lipinski definition) is 5. The van der Waals surface area contributed by atoms with Crippen LogP contribution in [0.1, 0.15) is 12.0 Å². The third-order valence-electron chi connectivity index (χ3n) is 5.06. The smallest absolute Gasteiger partial charge is 0.119 e. The third kappa shape index (κ3) is 6.51. The second kappa shape index (κ2) is 10.5. The molecule has 0 spiro atoms. The zero-order valence-corrected chi connectivity index (χ0v) is 17.1. The summed E-state index contributed by atoms with van der Waals surface area (Å²) in [5.74, 6) is 0.813. The van der Waals surface area contributed by atoms with E-state index in [1.165, 1.54) is 17.7 Å². The van der Waals surface area contributed by atoms with Crippen molar-refractivity contribution in [2.45, 2.75) is 19.1 Å². The van der Waals surface area contributed by atoms with Crippen molar-refractivity contribution in [2.24, 2.45) is 0 Å². The number of anilines is 1. The normalized spacial score (nSPS) is 16.8. The Hall–Kier alpha value is -2.08. The van der Waals surface area contributed by atoms with E-state index in [1.807, 2.05) is 31.1 Å². The Kier molecular flexibility index (Phi) is 7.71. The molecule has 152 valence electrons. The first-order valence-electron chi connectivity index (χ1n) is 10.2. The first kappa shape index (κ1) is 20.6. The highest BCUT2D eigenvalue weighted by Gasteiger charge is 2.15. The van der Waals surface area contributed by atoms with Crippen LogP contribution in [0.25, 0.3) is 0 Å². The first-order chi connectivity index (χ1) is 13.6. The lowest BCUT2D eigenvalue weighted by Crippen LogP contribution is -2.30. The van der Waals surface area contributed by atoms with Gasteiger partial charge in [0.1, 0.15) is 18.5 Å². The molecule has 0 saturated carbocycles. The molecule has 0 radical (unpaired) electrons. The molecule has 1 aliphatic rings. The van der Waals surface area contributed by atoms with Gasteiger partial charge < -0.3 is 19.6 Å². The van der Waals surface area contributed by atoms with Gasteiger partial charge in [-0.25, -0.2) is 0 Å². The van der Waals surface area contributed by atoms with Crippen molar-refractivity contribution in [3.63, 3.8) is 0 Å². The second-order valence-electron chi connectivity index (χ2n) is 7.82. The summed E-state index contributed by atoms with van der Waals surface area (Å²) in [6.07, 6.45) is 0.708. The van der Waals surface area contributed by atoms with Gasteiger partial charge in [-0.15, -0.1) is 0 Å². The maximum atomic E-state index is 9.90. The first-order valence-corrected chi connectivity index (χ1v) is 10.2. The molecule has 1 saturated heterocycles. The van der Waals surface area contributed by atoms with Gasteiger partial charge in [0.05, 0.1) is 0 Å². The van der Waals surface area contributed by atoms with Gasteiger partial charge in [0, 0.05) is 45.0 Å². The molecule has 1 N–H and O–H groups in total. The minimum Gasteiger partial charge on any atom is -0.491 e. The molecule has 28 heavy (non-hydrogen) atoms. The van der Waals surface area contributed by atoms with E-state index in [0.29, 0.717) is 13.2 Å². The average molecular weight is 384 g/mol. The SMILES string of the molecule is CN(C)CC(O)COc1ccc(CN2CCCN(c3ccccc3)CC2)cc1. The molecule has 1 atom stereocenters. The molecule has 2 aromatic carbocycles. The quantitative estimate of drug-likeness (QED) is 0.759. The second-order valence-corrected chi connectivity index (χ2v) is 7.82. The lowest BCUT2D eigenvalue weighted by molar-refractivity contribution is 0.0831. The van der Waals surface area contributed by atoms with E-state index in [-0.39, 0.29) is 0 Å². The number of benzene rings is 2. The summed E-state index contributed by atoms with van der Waals surface area (Å²) >= 11 is 0. The average Bonchev–Trinajstić information content (AvgIpc) is 2.93. The number of likely N-dealkylation sites (N-methyl/N-ethyl adjacent to an activating group) is 1. The van der Waals surface area contributed by atoms with E-state index in [4.69, 9.17) is 4.74 Å². The van der Waals surface area contributed by atoms with Crippen LogP contribution < -0.4 is 9.64 Å². The highest BCUT2D eigenvalue weighted by molar-refractivity contribution is 5.46. The number of para-hydroxylation sites is 1. The van der Waals surface area contributed by atoms with Crippen LogP contribution in [0.3, 0.4) is 0 Å². The van der Waals surface area contributed by atoms with Crippen LogP contribution >= 0.6 is 0 Å². The Bertz CT molecular complexity index is 691. The Morgan fingerprint density at radius 3 is 2.43 bits per heavy atom. The summed E-state index contributed by atoms with van der Waals surface area (Å²) in [6, 6.07) is 19.0. The Morgan fingerprint density at radius 2 is 1.71 bits per heavy atom. The lowest BCUT2D eigenvalue weighted by Gasteiger charge is -2.23. The van der Waals surface area contributed by atoms with Gasteiger partial charge in [0.2, 0.25) is 0 Å². The summed E-state index contributed by atoms with van der Waals surface area (Å²) in [7, 11) is 3.89. The van der Waals surface area contributed by atoms with Crippen LogP contribution in [0.15, 0.2) is 54.6 Å². The third-order valence-corrected chi connectivity index (χ3v) is 5.06. The van der Waals surface area contributed by atoms with Crippen LogP contribution in [0.5, 0.6) is 5.75 Å². The zero-order valence-electron chi connectivity index (χ0n) is 17.1. The van der Waals surface area contributed by atoms with Crippen LogP contribution in [0.2, 0.25) is 0 Å². The van der Waals surface area contributed by atoms with Crippen molar-refractivity contribution in [2.75, 3.05) is 58.3 Å². The molecule has 2 aromatic rings. The van der Waals surface area contributed by atoms with Gasteiger partial charge in [0.25, 0.3) is 0 Å². The topological polar surface area (TPSA) is 39.2 Å². The summed E-state index contributed by atoms with van der Waals surface area (Å²) in [5, 5.41) is 9.90. The van der Waals surface area contributed by atoms with E-state index in [2.05, 4.69) is 52.3 Å². The number of aliphatic hydroxyl groups excluding tert-OH is 1. The molecular weight excluding hydrogens is 350 g/mol. The summed E-state index contributed by atoms with van der Waals surface area (Å²) in [6.45, 7) is 6.26. The Morgan fingerprint density at radius 1 is 0.964 bits per heavy atom. The van der Waals surface area contributed by atoms with Crippen LogP contribution in [-0.4, -0.2) is 74.4 Å². The summed E-state index contributed by atoms with van der Waals surface area (Å²) < 4.78 is 5.70. The summed E-state index contributed by atoms with van der Waals surface area (Å²) in [5.41, 5.74) is 2.62. The van der Waals surface area contributed by atoms with E-state index >= 15 is 0 Å². The molecular formula is C23H33N3O2. The monoisotopic (exact) mass is 383 g/mol. The molecule has 1 heterocycles. The van der Waals surface area contributed by atoms with Gasteiger partial charge in [0.15, 0.2) is 0 Å². The molecule has 1 aliphatic heterocycles. The van der Waals surface area contributed by atoms with E-state index in [1.54, 1.807) is 0 Å². The van der Waals surface area contributed by atoms with Gasteiger partial charge in [-0.1, -0.05) is 30.3 Å². The van der Waals surface area contributed by atoms with Crippen LogP contribution in [-0.2, 0) is 6.54 Å². The van der Waals surface area contributed by atoms with Crippen molar-refractivity contribution < 1.29 is 9.84 Å². The highest BCUT2D eigenvalue weighted by Crippen LogP contribution is 2.18. The molecule has 0 bridgehead atoms. The molecule has 5 nitrogen and oxygen atoms in total. The predicted octanol–water partition coefficient (Wildman–Crippen LogP) is 2.70. The van der Waals surface area contributed by atoms with Crippen LogP contribution in [0, 0.1) is 0 Å². The fraction of sp³-hybridized carbons (Fsp3) is 0.478. The zero-order chi connectivity index (χ0) is 19.8. The largest absolute Gasteiger partial charge is 0.491 e. The number of ether oxygens (including phenoxy) is 1. The lowest BCUT2D eigenvalue weighted by atomic mass is 10.2. The summed E-state index contributed by atoms with van der Waals surface area (Å²) in [4.78, 5) is 6.97. The van der Waals surface area contributed by atoms with Crippen molar-refractivity contribution in [1.82, 2.24) is 9.80 Å². The van der Waals surface area contributed by atoms with E-state index in [9.17, 15) is 5.11 Å². The highest BCUT2D eigenvalue weighted by atomic mass is 16.5. The molecule has 3 rings (SSSR count). The van der Waals surface area contributed by atoms with Gasteiger partial charge in [-0.3, -0.25) is 4.90 Å². The molecule has 1 fully saturated rings. The minimum absolute atomic E-state index is 0.318. The van der Waals surface area contributed by atoms with Crippen molar-refractivity contribution in [3.05, 3.63) is 60.2 Å². The number of hydrogen-bond donors (Lipinski definition) is 1. The van der Waals surface area contributed by atoms with E-state index in [0.717, 1.165) is 38.5 Å². The van der Waals surface area contributed by atoms with Crippen molar-refractivity contribution >= 4 is 5.69 Å². The molecule has 1 unspecified atom stereocenters. The fourth-order valence-electron chi connectivity index (χ4n) is 3.64. The van der Waals surface area contributed by atoms with Crippen molar-refractivity contribution in [1.29, 1.82) is 0 Å². The molecule has 0 aliphatic carbocycles. The predicted molar refractivity (Wildman–Crippen MR) is 115 cm³/mol. The Labute approximate surface area is 169 Å². The number of rotatable bonds is 8. The molecule has 0 aromatic heterocycles.